The zero-order chi connectivity index (χ0) is 44.2. The lowest BCUT2D eigenvalue weighted by Gasteiger charge is -2.52. The van der Waals surface area contributed by atoms with E-state index in [1.807, 2.05) is 60.7 Å². The van der Waals surface area contributed by atoms with Crippen molar-refractivity contribution in [3.05, 3.63) is 153 Å². The molecule has 9 rings (SSSR count). The fourth-order valence-electron chi connectivity index (χ4n) is 9.17. The zero-order valence-electron chi connectivity index (χ0n) is 34.8. The number of ether oxygens (including phenoxy) is 4. The molecule has 2 amide bonds. The number of carbonyl (C=O) groups is 3. The molecule has 2 bridgehead atoms. The van der Waals surface area contributed by atoms with E-state index in [4.69, 9.17) is 42.1 Å². The Kier molecular flexibility index (Phi) is 13.3. The standard InChI is InChI=1S/C48H48Cl2N4O9/c1-60-41-15-14-32(22-42(41)61-2)36(23-37-39(49)25-53(59)26-40(37)50)45-38(47(56)57)24-54(45)46(55)34-12-6-8-29(20-34)28-62-35-13-7-11-33(21-35)44(31-9-4-3-5-10-31)51-48(58)63-43-27-52-18-16-30(43)17-19-52/h3-15,20-22,25-26,30,36,38,43-45H,16-19,23-24,27-28H2,1-2H3,(H2-,51,56,57,58,59)/t36-,38?,43-,44-,45?/m0/s1. The number of nitrogens with one attached hydrogen (secondary N) is 1. The number of aliphatic carboxylic acids is 1. The van der Waals surface area contributed by atoms with E-state index in [2.05, 4.69) is 10.2 Å². The second-order valence-electron chi connectivity index (χ2n) is 16.2. The highest BCUT2D eigenvalue weighted by Crippen LogP contribution is 2.43. The molecule has 1 aromatic heterocycles. The normalized spacial score (nSPS) is 21.1. The molecule has 0 radical (unpaired) electrons. The molecule has 2 N–H and O–H groups in total. The van der Waals surface area contributed by atoms with Crippen molar-refractivity contribution in [2.24, 2.45) is 11.8 Å². The van der Waals surface area contributed by atoms with E-state index >= 15 is 0 Å². The molecule has 63 heavy (non-hydrogen) atoms. The van der Waals surface area contributed by atoms with Gasteiger partial charge in [0.25, 0.3) is 5.91 Å². The Morgan fingerprint density at radius 3 is 2.24 bits per heavy atom. The third-order valence-electron chi connectivity index (χ3n) is 12.5. The highest BCUT2D eigenvalue weighted by molar-refractivity contribution is 6.35. The molecule has 5 atom stereocenters. The summed E-state index contributed by atoms with van der Waals surface area (Å²) >= 11 is 13.2. The minimum absolute atomic E-state index is 0.0835. The van der Waals surface area contributed by atoms with Gasteiger partial charge in [0, 0.05) is 52.8 Å². The van der Waals surface area contributed by atoms with E-state index in [0.29, 0.717) is 45.4 Å². The molecule has 15 heteroatoms. The highest BCUT2D eigenvalue weighted by atomic mass is 35.5. The van der Waals surface area contributed by atoms with Crippen LogP contribution in [0.3, 0.4) is 0 Å². The number of likely N-dealkylation sites (tertiary alicyclic amines) is 1. The van der Waals surface area contributed by atoms with Crippen molar-refractivity contribution < 1.29 is 48.4 Å². The van der Waals surface area contributed by atoms with Crippen molar-refractivity contribution in [2.75, 3.05) is 40.4 Å². The Morgan fingerprint density at radius 1 is 0.841 bits per heavy atom. The Morgan fingerprint density at radius 2 is 1.56 bits per heavy atom. The number of fused-ring (bicyclic) bond motifs is 3. The van der Waals surface area contributed by atoms with Crippen molar-refractivity contribution >= 4 is 41.2 Å². The lowest BCUT2D eigenvalue weighted by Crippen LogP contribution is -2.66. The van der Waals surface area contributed by atoms with Gasteiger partial charge in [-0.05, 0) is 96.9 Å². The van der Waals surface area contributed by atoms with Crippen molar-refractivity contribution in [3.8, 4) is 17.2 Å². The molecule has 0 saturated carbocycles. The summed E-state index contributed by atoms with van der Waals surface area (Å²) < 4.78 is 24.1. The molecule has 5 aromatic rings. The van der Waals surface area contributed by atoms with Crippen molar-refractivity contribution in [1.29, 1.82) is 0 Å². The van der Waals surface area contributed by atoms with Gasteiger partial charge in [-0.3, -0.25) is 14.9 Å². The fraction of sp³-hybridized carbons (Fsp3) is 0.333. The molecule has 0 aliphatic carbocycles. The number of aromatic nitrogens is 1. The van der Waals surface area contributed by atoms with E-state index < -0.39 is 36.0 Å². The van der Waals surface area contributed by atoms with Crippen LogP contribution in [0.1, 0.15) is 63.0 Å². The van der Waals surface area contributed by atoms with Crippen molar-refractivity contribution in [3.63, 3.8) is 0 Å². The van der Waals surface area contributed by atoms with Gasteiger partial charge in [0.2, 0.25) is 12.4 Å². The number of amides is 2. The van der Waals surface area contributed by atoms with Gasteiger partial charge in [0.05, 0.1) is 20.3 Å². The van der Waals surface area contributed by atoms with E-state index in [9.17, 15) is 24.7 Å². The smallest absolute Gasteiger partial charge is 0.408 e. The number of benzene rings is 4. The number of hydrogen-bond acceptors (Lipinski definition) is 10. The summed E-state index contributed by atoms with van der Waals surface area (Å²) in [5, 5.41) is 26.1. The maximum atomic E-state index is 14.4. The Bertz CT molecular complexity index is 2440. The SMILES string of the molecule is COc1ccc([C@H](Cc2c(Cl)c[n+](O)cc2Cl)C2C(C(=O)[O-])CN2C(=O)c2cccc(COc3cccc([C@@H](NC(=O)O[C@H]4CN5CCC4CC5)c4ccccc4)c3)c2)cc1OC. The second kappa shape index (κ2) is 19.2. The lowest BCUT2D eigenvalue weighted by atomic mass is 9.73. The van der Waals surface area contributed by atoms with Crippen molar-refractivity contribution in [2.45, 2.75) is 50.0 Å². The van der Waals surface area contributed by atoms with Crippen LogP contribution in [-0.2, 0) is 22.6 Å². The first kappa shape index (κ1) is 43.6. The summed E-state index contributed by atoms with van der Waals surface area (Å²) in [4.78, 5) is 44.3. The molecule has 4 aromatic carbocycles. The average molecular weight is 896 g/mol. The van der Waals surface area contributed by atoms with Gasteiger partial charge in [-0.1, -0.05) is 83.9 Å². The first-order valence-corrected chi connectivity index (χ1v) is 21.6. The Hall–Kier alpha value is -6.02. The monoisotopic (exact) mass is 894 g/mol. The summed E-state index contributed by atoms with van der Waals surface area (Å²) in [5.74, 6) is -1.55. The van der Waals surface area contributed by atoms with Crippen molar-refractivity contribution in [1.82, 2.24) is 15.1 Å². The number of piperidine rings is 3. The van der Waals surface area contributed by atoms with Crippen LogP contribution in [0.5, 0.6) is 17.2 Å². The number of carboxylic acids is 1. The number of hydrogen-bond donors (Lipinski definition) is 2. The quantitative estimate of drug-likeness (QED) is 0.0913. The van der Waals surface area contributed by atoms with Crippen LogP contribution in [0, 0.1) is 11.8 Å². The molecule has 4 aliphatic rings. The Balaban J connectivity index is 1.01. The molecular formula is C48H48Cl2N4O9. The number of halogens is 2. The van der Waals surface area contributed by atoms with Gasteiger partial charge in [-0.25, -0.2) is 4.79 Å². The van der Waals surface area contributed by atoms with Gasteiger partial charge >= 0.3 is 6.09 Å². The summed E-state index contributed by atoms with van der Waals surface area (Å²) in [6.45, 7) is 2.89. The van der Waals surface area contributed by atoms with Gasteiger partial charge in [-0.2, -0.15) is 0 Å². The minimum atomic E-state index is -1.30. The zero-order valence-corrected chi connectivity index (χ0v) is 36.3. The summed E-state index contributed by atoms with van der Waals surface area (Å²) in [6, 6.07) is 28.1. The third kappa shape index (κ3) is 9.65. The molecule has 4 fully saturated rings. The first-order chi connectivity index (χ1) is 30.5. The van der Waals surface area contributed by atoms with Crippen LogP contribution in [0.25, 0.3) is 0 Å². The summed E-state index contributed by atoms with van der Waals surface area (Å²) in [5.41, 5.74) is 3.84. The third-order valence-corrected chi connectivity index (χ3v) is 13.1. The number of pyridine rings is 1. The van der Waals surface area contributed by atoms with Crippen LogP contribution >= 0.6 is 23.2 Å². The molecular weight excluding hydrogens is 847 g/mol. The van der Waals surface area contributed by atoms with E-state index in [0.717, 1.165) is 48.3 Å². The average Bonchev–Trinajstić information content (AvgIpc) is 3.28. The molecule has 0 spiro atoms. The van der Waals surface area contributed by atoms with Crippen LogP contribution in [0.15, 0.2) is 109 Å². The summed E-state index contributed by atoms with van der Waals surface area (Å²) in [7, 11) is 3.01. The predicted octanol–water partition coefficient (Wildman–Crippen LogP) is 6.24. The molecule has 5 heterocycles. The molecule has 13 nitrogen and oxygen atoms in total. The maximum Gasteiger partial charge on any atom is 0.408 e. The second-order valence-corrected chi connectivity index (χ2v) is 17.1. The number of carbonyl (C=O) groups excluding carboxylic acids is 3. The van der Waals surface area contributed by atoms with Gasteiger partial charge in [0.1, 0.15) is 28.5 Å². The molecule has 2 unspecified atom stereocenters. The molecule has 328 valence electrons. The van der Waals surface area contributed by atoms with E-state index in [1.54, 1.807) is 36.4 Å². The predicted molar refractivity (Wildman–Crippen MR) is 231 cm³/mol. The number of carboxylic acid groups (broad SMARTS) is 1. The first-order valence-electron chi connectivity index (χ1n) is 20.9. The number of nitrogens with zero attached hydrogens (tertiary/aromatic N) is 3. The topological polar surface area (TPSA) is 154 Å². The minimum Gasteiger partial charge on any atom is -0.550 e. The maximum absolute atomic E-state index is 14.4. The van der Waals surface area contributed by atoms with Crippen LogP contribution in [0.2, 0.25) is 10.0 Å². The highest BCUT2D eigenvalue weighted by Gasteiger charge is 2.48. The van der Waals surface area contributed by atoms with E-state index in [-0.39, 0.29) is 41.6 Å². The van der Waals surface area contributed by atoms with Gasteiger partial charge < -0.3 is 39.1 Å². The van der Waals surface area contributed by atoms with Crippen LogP contribution < -0.4 is 29.4 Å². The lowest BCUT2D eigenvalue weighted by molar-refractivity contribution is -0.904. The number of alkyl carbamates (subject to hydrolysis) is 1. The fourth-order valence-corrected chi connectivity index (χ4v) is 9.78. The van der Waals surface area contributed by atoms with Crippen LogP contribution in [0.4, 0.5) is 4.79 Å². The summed E-state index contributed by atoms with van der Waals surface area (Å²) in [6.07, 6.45) is 4.15. The largest absolute Gasteiger partial charge is 0.550 e. The van der Waals surface area contributed by atoms with Gasteiger partial charge in [0.15, 0.2) is 11.5 Å². The number of rotatable bonds is 15. The molecule has 4 saturated heterocycles. The van der Waals surface area contributed by atoms with Crippen LogP contribution in [-0.4, -0.2) is 85.5 Å². The van der Waals surface area contributed by atoms with E-state index in [1.165, 1.54) is 31.5 Å². The van der Waals surface area contributed by atoms with Gasteiger partial charge in [-0.15, -0.1) is 0 Å². The Labute approximate surface area is 375 Å². The number of methoxy groups -OCH3 is 2. The molecule has 4 aliphatic heterocycles.